The van der Waals surface area contributed by atoms with E-state index in [0.717, 1.165) is 11.1 Å². The molecule has 0 saturated heterocycles. The molecule has 0 heterocycles. The van der Waals surface area contributed by atoms with Crippen molar-refractivity contribution in [2.45, 2.75) is 5.92 Å². The number of para-hydroxylation sites is 1. The predicted molar refractivity (Wildman–Crippen MR) is 95.1 cm³/mol. The van der Waals surface area contributed by atoms with Crippen molar-refractivity contribution in [1.29, 1.82) is 0 Å². The molecule has 124 valence electrons. The first kappa shape index (κ1) is 15.4. The number of amides is 1. The van der Waals surface area contributed by atoms with Gasteiger partial charge in [0, 0.05) is 5.92 Å². The summed E-state index contributed by atoms with van der Waals surface area (Å²) in [6.07, 6.45) is -0.660. The summed E-state index contributed by atoms with van der Waals surface area (Å²) in [5.41, 5.74) is 4.73. The number of carbonyl (C=O) groups excluding carboxylic acids is 1. The molecule has 1 aliphatic carbocycles. The van der Waals surface area contributed by atoms with Crippen molar-refractivity contribution in [3.63, 3.8) is 0 Å². The molecule has 0 aliphatic heterocycles. The van der Waals surface area contributed by atoms with Gasteiger partial charge in [0.2, 0.25) is 0 Å². The Morgan fingerprint density at radius 3 is 2.08 bits per heavy atom. The Hall–Kier alpha value is -3.14. The number of anilines is 1. The lowest BCUT2D eigenvalue weighted by Crippen LogP contribution is -2.18. The smallest absolute Gasteiger partial charge is 0.411 e. The van der Waals surface area contributed by atoms with E-state index in [9.17, 15) is 9.18 Å². The lowest BCUT2D eigenvalue weighted by molar-refractivity contribution is 0.158. The van der Waals surface area contributed by atoms with Gasteiger partial charge in [-0.05, 0) is 34.4 Å². The highest BCUT2D eigenvalue weighted by Gasteiger charge is 2.29. The Labute approximate surface area is 145 Å². The summed E-state index contributed by atoms with van der Waals surface area (Å²) in [7, 11) is 0. The zero-order valence-electron chi connectivity index (χ0n) is 13.4. The fourth-order valence-corrected chi connectivity index (χ4v) is 3.31. The third-order valence-corrected chi connectivity index (χ3v) is 4.45. The van der Waals surface area contributed by atoms with Gasteiger partial charge in [-0.2, -0.15) is 0 Å². The van der Waals surface area contributed by atoms with Crippen molar-refractivity contribution in [3.05, 3.63) is 89.7 Å². The summed E-state index contributed by atoms with van der Waals surface area (Å²) >= 11 is 0. The average Bonchev–Trinajstić information content (AvgIpc) is 2.96. The normalized spacial score (nSPS) is 12.4. The lowest BCUT2D eigenvalue weighted by atomic mass is 9.98. The number of fused-ring (bicyclic) bond motifs is 3. The molecule has 3 aromatic carbocycles. The highest BCUT2D eigenvalue weighted by molar-refractivity contribution is 5.85. The molecular formula is C21H16FNO2. The minimum absolute atomic E-state index is 0.0150. The van der Waals surface area contributed by atoms with E-state index in [-0.39, 0.29) is 18.2 Å². The van der Waals surface area contributed by atoms with Gasteiger partial charge in [-0.1, -0.05) is 60.7 Å². The van der Waals surface area contributed by atoms with Crippen LogP contribution in [0.5, 0.6) is 0 Å². The molecule has 25 heavy (non-hydrogen) atoms. The fourth-order valence-electron chi connectivity index (χ4n) is 3.31. The summed E-state index contributed by atoms with van der Waals surface area (Å²) in [5, 5.41) is 2.45. The zero-order valence-corrected chi connectivity index (χ0v) is 13.4. The molecule has 0 bridgehead atoms. The van der Waals surface area contributed by atoms with Gasteiger partial charge in [0.05, 0.1) is 5.69 Å². The third kappa shape index (κ3) is 2.87. The highest BCUT2D eigenvalue weighted by Crippen LogP contribution is 2.44. The maximum absolute atomic E-state index is 13.6. The molecule has 0 radical (unpaired) electrons. The molecule has 0 aromatic heterocycles. The third-order valence-electron chi connectivity index (χ3n) is 4.45. The molecule has 0 saturated carbocycles. The summed E-state index contributed by atoms with van der Waals surface area (Å²) in [6, 6.07) is 22.2. The first-order chi connectivity index (χ1) is 12.2. The first-order valence-electron chi connectivity index (χ1n) is 8.10. The van der Waals surface area contributed by atoms with Gasteiger partial charge in [-0.3, -0.25) is 5.32 Å². The van der Waals surface area contributed by atoms with Crippen molar-refractivity contribution in [3.8, 4) is 11.1 Å². The van der Waals surface area contributed by atoms with E-state index in [1.807, 2.05) is 24.3 Å². The monoisotopic (exact) mass is 333 g/mol. The maximum atomic E-state index is 13.6. The Morgan fingerprint density at radius 2 is 1.44 bits per heavy atom. The van der Waals surface area contributed by atoms with Crippen molar-refractivity contribution < 1.29 is 13.9 Å². The van der Waals surface area contributed by atoms with Crippen LogP contribution in [0.1, 0.15) is 17.0 Å². The molecule has 4 heteroatoms. The van der Waals surface area contributed by atoms with Crippen LogP contribution in [0.25, 0.3) is 11.1 Å². The second kappa shape index (κ2) is 6.40. The molecule has 3 nitrogen and oxygen atoms in total. The van der Waals surface area contributed by atoms with Crippen LogP contribution >= 0.6 is 0 Å². The van der Waals surface area contributed by atoms with Crippen molar-refractivity contribution >= 4 is 11.8 Å². The molecule has 3 aromatic rings. The summed E-state index contributed by atoms with van der Waals surface area (Å²) < 4.78 is 19.0. The van der Waals surface area contributed by atoms with Crippen molar-refractivity contribution in [2.75, 3.05) is 11.9 Å². The number of halogens is 1. The molecular weight excluding hydrogens is 317 g/mol. The summed E-state index contributed by atoms with van der Waals surface area (Å²) in [5.74, 6) is -0.505. The standard InChI is InChI=1S/C21H16FNO2/c22-19-11-5-6-12-20(19)23-21(24)25-13-18-16-9-3-1-7-14(16)15-8-2-4-10-17(15)18/h1-12,18H,13H2,(H,23,24). The largest absolute Gasteiger partial charge is 0.448 e. The average molecular weight is 333 g/mol. The van der Waals surface area contributed by atoms with Gasteiger partial charge in [0.15, 0.2) is 0 Å². The van der Waals surface area contributed by atoms with Crippen molar-refractivity contribution in [2.24, 2.45) is 0 Å². The summed E-state index contributed by atoms with van der Waals surface area (Å²) in [4.78, 5) is 12.0. The zero-order chi connectivity index (χ0) is 17.2. The molecule has 0 unspecified atom stereocenters. The number of benzene rings is 3. The van der Waals surface area contributed by atoms with Gasteiger partial charge in [0.1, 0.15) is 12.4 Å². The molecule has 0 spiro atoms. The topological polar surface area (TPSA) is 38.3 Å². The van der Waals surface area contributed by atoms with Crippen LogP contribution in [0, 0.1) is 5.82 Å². The predicted octanol–water partition coefficient (Wildman–Crippen LogP) is 5.19. The number of hydrogen-bond donors (Lipinski definition) is 1. The van der Waals surface area contributed by atoms with Crippen LogP contribution in [0.2, 0.25) is 0 Å². The van der Waals surface area contributed by atoms with E-state index >= 15 is 0 Å². The molecule has 1 N–H and O–H groups in total. The maximum Gasteiger partial charge on any atom is 0.411 e. The Balaban J connectivity index is 1.51. The lowest BCUT2D eigenvalue weighted by Gasteiger charge is -2.14. The van der Waals surface area contributed by atoms with Crippen LogP contribution in [-0.4, -0.2) is 12.7 Å². The van der Waals surface area contributed by atoms with E-state index < -0.39 is 11.9 Å². The Bertz CT molecular complexity index is 893. The second-order valence-corrected chi connectivity index (χ2v) is 5.93. The number of nitrogens with one attached hydrogen (secondary N) is 1. The fraction of sp³-hybridized carbons (Fsp3) is 0.0952. The summed E-state index contributed by atoms with van der Waals surface area (Å²) in [6.45, 7) is 0.203. The second-order valence-electron chi connectivity index (χ2n) is 5.93. The molecule has 0 fully saturated rings. The molecule has 1 aliphatic rings. The molecule has 4 rings (SSSR count). The number of ether oxygens (including phenoxy) is 1. The van der Waals surface area contributed by atoms with Gasteiger partial charge < -0.3 is 4.74 Å². The number of carbonyl (C=O) groups is 1. The quantitative estimate of drug-likeness (QED) is 0.716. The van der Waals surface area contributed by atoms with Gasteiger partial charge in [-0.15, -0.1) is 0 Å². The first-order valence-corrected chi connectivity index (χ1v) is 8.10. The van der Waals surface area contributed by atoms with Gasteiger partial charge >= 0.3 is 6.09 Å². The number of rotatable bonds is 3. The van der Waals surface area contributed by atoms with E-state index in [1.54, 1.807) is 12.1 Å². The van der Waals surface area contributed by atoms with Crippen molar-refractivity contribution in [1.82, 2.24) is 0 Å². The van der Waals surface area contributed by atoms with E-state index in [0.29, 0.717) is 0 Å². The van der Waals surface area contributed by atoms with Crippen LogP contribution in [-0.2, 0) is 4.74 Å². The van der Waals surface area contributed by atoms with Gasteiger partial charge in [0.25, 0.3) is 0 Å². The minimum atomic E-state index is -0.660. The molecule has 0 atom stereocenters. The van der Waals surface area contributed by atoms with Crippen LogP contribution in [0.4, 0.5) is 14.9 Å². The van der Waals surface area contributed by atoms with Crippen LogP contribution < -0.4 is 5.32 Å². The van der Waals surface area contributed by atoms with E-state index in [4.69, 9.17) is 4.74 Å². The highest BCUT2D eigenvalue weighted by atomic mass is 19.1. The van der Waals surface area contributed by atoms with Gasteiger partial charge in [-0.25, -0.2) is 9.18 Å². The molecule has 1 amide bonds. The minimum Gasteiger partial charge on any atom is -0.448 e. The van der Waals surface area contributed by atoms with E-state index in [2.05, 4.69) is 29.6 Å². The SMILES string of the molecule is O=C(Nc1ccccc1F)OCC1c2ccccc2-c2ccccc21. The number of hydrogen-bond acceptors (Lipinski definition) is 2. The van der Waals surface area contributed by atoms with Crippen LogP contribution in [0.15, 0.2) is 72.8 Å². The Morgan fingerprint density at radius 1 is 0.880 bits per heavy atom. The Kier molecular flexibility index (Phi) is 3.94. The van der Waals surface area contributed by atoms with E-state index in [1.165, 1.54) is 23.3 Å². The van der Waals surface area contributed by atoms with Crippen LogP contribution in [0.3, 0.4) is 0 Å².